The number of hydrogen-bond donors (Lipinski definition) is 2. The summed E-state index contributed by atoms with van der Waals surface area (Å²) in [6.07, 6.45) is 9.50. The minimum absolute atomic E-state index is 0.185. The van der Waals surface area contributed by atoms with Gasteiger partial charge in [0.1, 0.15) is 60.9 Å². The van der Waals surface area contributed by atoms with Gasteiger partial charge in [0.2, 0.25) is 0 Å². The van der Waals surface area contributed by atoms with Crippen molar-refractivity contribution < 1.29 is 29.2 Å². The smallest absolute Gasteiger partial charge is 0.130 e. The standard InChI is InChI=1S/C90H104N4O6/c1-85(2,3)69-41-57-35-58-42-70(86(4,5)6)44-60(80(58)96)37-62-46-72(88(10,11)12)48-64(82(62)98-54-76-28-20-24-32-92-76)39-66-50-74(90(16,17)18)52-68(84(66)100-56-78-30-22-26-34-94-78)40-67-51-73(89(13,14)15)49-65(83(67)99-55-77-29-21-25-33-93-77)38-63-47-71(87(7,8)9)45-61(36-59(43-69)79(57)95)81(63)97-53-75-27-19-23-31-91-75/h19-34,41-52,95-96H,35-40,53-56H2,1-18H3. The molecule has 10 heteroatoms. The number of ether oxygens (including phenoxy) is 4. The summed E-state index contributed by atoms with van der Waals surface area (Å²) in [6.45, 7) is 41.4. The summed E-state index contributed by atoms with van der Waals surface area (Å²) in [5.41, 5.74) is 18.8. The van der Waals surface area contributed by atoms with Gasteiger partial charge in [0.15, 0.2) is 0 Å². The highest BCUT2D eigenvalue weighted by molar-refractivity contribution is 5.61. The molecule has 0 unspecified atom stereocenters. The fraction of sp³-hybridized carbons (Fsp3) is 0.378. The Morgan fingerprint density at radius 3 is 0.570 bits per heavy atom. The Labute approximate surface area is 595 Å². The van der Waals surface area contributed by atoms with E-state index in [1.54, 1.807) is 0 Å². The van der Waals surface area contributed by atoms with Gasteiger partial charge in [-0.2, -0.15) is 0 Å². The summed E-state index contributed by atoms with van der Waals surface area (Å²) in [5.74, 6) is 3.34. The van der Waals surface area contributed by atoms with Crippen molar-refractivity contribution >= 4 is 0 Å². The maximum Gasteiger partial charge on any atom is 0.130 e. The van der Waals surface area contributed by atoms with Crippen LogP contribution < -0.4 is 18.9 Å². The van der Waals surface area contributed by atoms with E-state index >= 15 is 0 Å². The van der Waals surface area contributed by atoms with E-state index in [0.717, 1.165) is 146 Å². The Hall–Kier alpha value is -9.28. The summed E-state index contributed by atoms with van der Waals surface area (Å²) in [4.78, 5) is 19.2. The van der Waals surface area contributed by atoms with Crippen molar-refractivity contribution in [1.29, 1.82) is 0 Å². The number of aromatic hydroxyl groups is 2. The fourth-order valence-electron chi connectivity index (χ4n) is 13.2. The largest absolute Gasteiger partial charge is 0.507 e. The van der Waals surface area contributed by atoms with Crippen molar-refractivity contribution in [2.45, 2.75) is 222 Å². The minimum Gasteiger partial charge on any atom is -0.507 e. The lowest BCUT2D eigenvalue weighted by Gasteiger charge is -2.29. The van der Waals surface area contributed by atoms with Gasteiger partial charge in [-0.1, -0.05) is 222 Å². The molecule has 0 atom stereocenters. The molecule has 520 valence electrons. The van der Waals surface area contributed by atoms with Crippen LogP contribution in [0.3, 0.4) is 0 Å². The molecule has 4 heterocycles. The van der Waals surface area contributed by atoms with Crippen LogP contribution in [0.2, 0.25) is 0 Å². The number of phenols is 2. The van der Waals surface area contributed by atoms with Crippen LogP contribution in [0.15, 0.2) is 170 Å². The van der Waals surface area contributed by atoms with E-state index in [-0.39, 0.29) is 76.8 Å². The second-order valence-electron chi connectivity index (χ2n) is 33.8. The average molecular weight is 1340 g/mol. The topological polar surface area (TPSA) is 129 Å². The summed E-state index contributed by atoms with van der Waals surface area (Å²) < 4.78 is 29.4. The molecule has 0 fully saturated rings. The number of nitrogens with zero attached hydrogens (tertiary/aromatic N) is 4. The highest BCUT2D eigenvalue weighted by Crippen LogP contribution is 2.47. The van der Waals surface area contributed by atoms with Crippen molar-refractivity contribution in [1.82, 2.24) is 19.9 Å². The van der Waals surface area contributed by atoms with Gasteiger partial charge in [-0.15, -0.1) is 0 Å². The predicted molar refractivity (Wildman–Crippen MR) is 405 cm³/mol. The Bertz CT molecular complexity index is 4250. The summed E-state index contributed by atoms with van der Waals surface area (Å²) in [5, 5.41) is 26.5. The van der Waals surface area contributed by atoms with Gasteiger partial charge < -0.3 is 29.2 Å². The fourth-order valence-corrected chi connectivity index (χ4v) is 13.2. The molecule has 10 nitrogen and oxygen atoms in total. The highest BCUT2D eigenvalue weighted by atomic mass is 16.5. The molecule has 0 amide bonds. The third-order valence-electron chi connectivity index (χ3n) is 19.4. The Morgan fingerprint density at radius 1 is 0.250 bits per heavy atom. The monoisotopic (exact) mass is 1340 g/mol. The average Bonchev–Trinajstić information content (AvgIpc) is 0.770. The van der Waals surface area contributed by atoms with Crippen LogP contribution in [0.1, 0.15) is 248 Å². The van der Waals surface area contributed by atoms with Crippen molar-refractivity contribution in [3.8, 4) is 34.5 Å². The van der Waals surface area contributed by atoms with Crippen LogP contribution in [-0.2, 0) is 97.4 Å². The van der Waals surface area contributed by atoms with Gasteiger partial charge in [-0.05, 0) is 181 Å². The zero-order valence-corrected chi connectivity index (χ0v) is 62.6. The first-order chi connectivity index (χ1) is 47.1. The quantitative estimate of drug-likeness (QED) is 0.122. The van der Waals surface area contributed by atoms with Crippen LogP contribution >= 0.6 is 0 Å². The van der Waals surface area contributed by atoms with Crippen LogP contribution in [-0.4, -0.2) is 30.1 Å². The number of hydrogen-bond acceptors (Lipinski definition) is 10. The van der Waals surface area contributed by atoms with Crippen molar-refractivity contribution in [2.75, 3.05) is 0 Å². The van der Waals surface area contributed by atoms with Crippen LogP contribution in [0.5, 0.6) is 34.5 Å². The number of benzene rings is 6. The third-order valence-corrected chi connectivity index (χ3v) is 19.4. The highest BCUT2D eigenvalue weighted by Gasteiger charge is 2.32. The predicted octanol–water partition coefficient (Wildman–Crippen LogP) is 20.6. The van der Waals surface area contributed by atoms with Crippen LogP contribution in [0.4, 0.5) is 0 Å². The molecule has 10 aromatic rings. The van der Waals surface area contributed by atoms with Crippen LogP contribution in [0, 0.1) is 0 Å². The molecule has 2 N–H and O–H groups in total. The van der Waals surface area contributed by atoms with Gasteiger partial charge in [0.05, 0.1) is 22.8 Å². The SMILES string of the molecule is CC(C)(C)c1cc2c(O)c(c1)Cc1cc(C(C)(C)C)cc(c1OCc1ccccn1)Cc1cc(C(C)(C)C)cc(c1OCc1ccccn1)Cc1cc(C(C)(C)C)cc(c1OCc1ccccn1)Cc1cc(C(C)(C)C)cc(c1OCc1ccccn1)Cc1cc(C(C)(C)C)cc(c1O)C2. The summed E-state index contributed by atoms with van der Waals surface area (Å²) in [6, 6.07) is 51.0. The molecule has 1 aliphatic rings. The maximum atomic E-state index is 13.2. The molecule has 4 aromatic heterocycles. The lowest BCUT2D eigenvalue weighted by Crippen LogP contribution is -2.17. The normalized spacial score (nSPS) is 13.3. The first-order valence-corrected chi connectivity index (χ1v) is 35.6. The second-order valence-corrected chi connectivity index (χ2v) is 33.8. The molecule has 0 radical (unpaired) electrons. The van der Waals surface area contributed by atoms with E-state index in [4.69, 9.17) is 38.9 Å². The van der Waals surface area contributed by atoms with E-state index in [9.17, 15) is 10.2 Å². The molecule has 100 heavy (non-hydrogen) atoms. The van der Waals surface area contributed by atoms with Gasteiger partial charge in [-0.25, -0.2) is 0 Å². The number of fused-ring (bicyclic) bond motifs is 12. The number of phenolic OH excluding ortho intramolecular Hbond substituents is 2. The first-order valence-electron chi connectivity index (χ1n) is 35.6. The summed E-state index contributed by atoms with van der Waals surface area (Å²) >= 11 is 0. The first kappa shape index (κ1) is 72.0. The van der Waals surface area contributed by atoms with Gasteiger partial charge >= 0.3 is 0 Å². The van der Waals surface area contributed by atoms with E-state index in [0.29, 0.717) is 32.1 Å². The zero-order chi connectivity index (χ0) is 71.7. The lowest BCUT2D eigenvalue weighted by molar-refractivity contribution is 0.289. The second kappa shape index (κ2) is 28.8. The Kier molecular flexibility index (Phi) is 20.7. The number of pyridine rings is 4. The van der Waals surface area contributed by atoms with Crippen LogP contribution in [0.25, 0.3) is 0 Å². The maximum absolute atomic E-state index is 13.2. The van der Waals surface area contributed by atoms with E-state index < -0.39 is 0 Å². The number of aromatic nitrogens is 4. The molecule has 0 saturated carbocycles. The van der Waals surface area contributed by atoms with E-state index in [1.807, 2.05) is 97.6 Å². The molecule has 0 saturated heterocycles. The van der Waals surface area contributed by atoms with E-state index in [2.05, 4.69) is 197 Å². The van der Waals surface area contributed by atoms with Gasteiger partial charge in [-0.3, -0.25) is 19.9 Å². The molecular formula is C90H104N4O6. The molecule has 0 aliphatic heterocycles. The molecule has 6 aromatic carbocycles. The van der Waals surface area contributed by atoms with E-state index in [1.165, 1.54) is 0 Å². The number of rotatable bonds is 12. The molecule has 0 spiro atoms. The van der Waals surface area contributed by atoms with Gasteiger partial charge in [0, 0.05) is 63.3 Å². The third kappa shape index (κ3) is 17.3. The molecule has 11 rings (SSSR count). The Morgan fingerprint density at radius 2 is 0.410 bits per heavy atom. The minimum atomic E-state index is -0.319. The van der Waals surface area contributed by atoms with Crippen molar-refractivity contribution in [2.24, 2.45) is 0 Å². The Balaban J connectivity index is 1.27. The zero-order valence-electron chi connectivity index (χ0n) is 62.6. The lowest BCUT2D eigenvalue weighted by atomic mass is 9.79. The molecule has 1 aliphatic carbocycles. The molecule has 12 bridgehead atoms. The molecular weight excluding hydrogens is 1230 g/mol. The summed E-state index contributed by atoms with van der Waals surface area (Å²) in [7, 11) is 0. The van der Waals surface area contributed by atoms with Crippen molar-refractivity contribution in [3.05, 3.63) is 293 Å². The van der Waals surface area contributed by atoms with Gasteiger partial charge in [0.25, 0.3) is 0 Å². The van der Waals surface area contributed by atoms with Crippen molar-refractivity contribution in [3.63, 3.8) is 0 Å².